The summed E-state index contributed by atoms with van der Waals surface area (Å²) >= 11 is 6.01. The number of ether oxygens (including phenoxy) is 2. The van der Waals surface area contributed by atoms with E-state index in [2.05, 4.69) is 9.97 Å². The van der Waals surface area contributed by atoms with E-state index in [9.17, 15) is 9.59 Å². The Morgan fingerprint density at radius 1 is 1.16 bits per heavy atom. The number of hydrogen-bond acceptors (Lipinski definition) is 6. The Hall–Kier alpha value is -2.87. The molecule has 1 aliphatic heterocycles. The molecule has 8 nitrogen and oxygen atoms in total. The molecule has 1 aliphatic rings. The number of carbonyl (C=O) groups excluding carboxylic acids is 2. The fraction of sp³-hybridized carbons (Fsp3) is 0.455. The molecule has 0 atom stereocenters. The first-order chi connectivity index (χ1) is 14.7. The lowest BCUT2D eigenvalue weighted by atomic mass is 10.0. The van der Waals surface area contributed by atoms with Gasteiger partial charge in [-0.25, -0.2) is 14.6 Å². The highest BCUT2D eigenvalue weighted by Gasteiger charge is 2.34. The largest absolute Gasteiger partial charge is 0.444 e. The molecular weight excluding hydrogens is 420 g/mol. The number of aromatic nitrogens is 2. The molecule has 2 aromatic rings. The summed E-state index contributed by atoms with van der Waals surface area (Å²) in [6, 6.07) is 9.23. The van der Waals surface area contributed by atoms with E-state index in [4.69, 9.17) is 21.1 Å². The van der Waals surface area contributed by atoms with Gasteiger partial charge in [-0.05, 0) is 39.2 Å². The molecule has 0 N–H and O–H groups in total. The molecule has 0 radical (unpaired) electrons. The number of nitrogens with zero attached hydrogens (tertiary/aromatic N) is 4. The van der Waals surface area contributed by atoms with Crippen molar-refractivity contribution in [1.82, 2.24) is 14.9 Å². The predicted molar refractivity (Wildman–Crippen MR) is 117 cm³/mol. The lowest BCUT2D eigenvalue weighted by Gasteiger charge is -2.37. The average molecular weight is 447 g/mol. The van der Waals surface area contributed by atoms with Crippen molar-refractivity contribution in [3.05, 3.63) is 53.4 Å². The van der Waals surface area contributed by atoms with Gasteiger partial charge in [0.25, 0.3) is 0 Å². The molecule has 0 unspecified atom stereocenters. The van der Waals surface area contributed by atoms with Crippen LogP contribution in [-0.4, -0.2) is 51.8 Å². The van der Waals surface area contributed by atoms with Gasteiger partial charge < -0.3 is 14.4 Å². The maximum Gasteiger partial charge on any atom is 0.416 e. The number of halogens is 1. The zero-order chi connectivity index (χ0) is 22.4. The molecule has 0 saturated carbocycles. The third kappa shape index (κ3) is 6.55. The van der Waals surface area contributed by atoms with E-state index in [-0.39, 0.29) is 23.9 Å². The molecule has 166 valence electrons. The monoisotopic (exact) mass is 446 g/mol. The van der Waals surface area contributed by atoms with Crippen LogP contribution in [0.25, 0.3) is 0 Å². The van der Waals surface area contributed by atoms with Crippen molar-refractivity contribution < 1.29 is 19.1 Å². The number of amides is 2. The number of rotatable bonds is 4. The summed E-state index contributed by atoms with van der Waals surface area (Å²) in [5.41, 5.74) is 0.324. The normalized spacial score (nSPS) is 14.8. The molecule has 2 heterocycles. The van der Waals surface area contributed by atoms with Gasteiger partial charge in [0, 0.05) is 19.1 Å². The fourth-order valence-corrected chi connectivity index (χ4v) is 3.44. The highest BCUT2D eigenvalue weighted by atomic mass is 35.5. The molecule has 1 fully saturated rings. The van der Waals surface area contributed by atoms with E-state index in [0.717, 1.165) is 5.56 Å². The Labute approximate surface area is 187 Å². The van der Waals surface area contributed by atoms with E-state index in [0.29, 0.717) is 31.7 Å². The lowest BCUT2D eigenvalue weighted by Crippen LogP contribution is -2.50. The fourth-order valence-electron chi connectivity index (χ4n) is 3.30. The maximum absolute atomic E-state index is 13.0. The Kier molecular flexibility index (Phi) is 7.33. The molecule has 1 aromatic heterocycles. The van der Waals surface area contributed by atoms with Crippen LogP contribution in [0.5, 0.6) is 0 Å². The smallest absolute Gasteiger partial charge is 0.416 e. The van der Waals surface area contributed by atoms with Gasteiger partial charge in [0.05, 0.1) is 12.4 Å². The number of piperidine rings is 1. The second-order valence-electron chi connectivity index (χ2n) is 8.31. The van der Waals surface area contributed by atoms with Gasteiger partial charge in [-0.3, -0.25) is 9.88 Å². The van der Waals surface area contributed by atoms with Crippen LogP contribution in [0, 0.1) is 0 Å². The SMILES string of the molecule is CC(C)(C)OC(=O)N1CCC(N(C(=O)OCc2ccccc2)c2cncc(Cl)n2)CC1. The van der Waals surface area contributed by atoms with E-state index >= 15 is 0 Å². The van der Waals surface area contributed by atoms with Crippen molar-refractivity contribution in [2.45, 2.75) is 51.9 Å². The Morgan fingerprint density at radius 3 is 2.45 bits per heavy atom. The summed E-state index contributed by atoms with van der Waals surface area (Å²) in [6.45, 7) is 6.55. The molecule has 0 spiro atoms. The number of hydrogen-bond donors (Lipinski definition) is 0. The van der Waals surface area contributed by atoms with Crippen LogP contribution in [-0.2, 0) is 16.1 Å². The standard InChI is InChI=1S/C22H27ClN4O4/c1-22(2,3)31-20(28)26-11-9-17(10-12-26)27(19-14-24-13-18(23)25-19)21(29)30-15-16-7-5-4-6-8-16/h4-8,13-14,17H,9-12,15H2,1-3H3. The highest BCUT2D eigenvalue weighted by molar-refractivity contribution is 6.29. The quantitative estimate of drug-likeness (QED) is 0.678. The van der Waals surface area contributed by atoms with Gasteiger partial charge in [0.15, 0.2) is 5.82 Å². The van der Waals surface area contributed by atoms with Crippen LogP contribution < -0.4 is 4.90 Å². The van der Waals surface area contributed by atoms with Crippen molar-refractivity contribution >= 4 is 29.6 Å². The third-order valence-corrected chi connectivity index (χ3v) is 4.90. The Morgan fingerprint density at radius 2 is 1.84 bits per heavy atom. The summed E-state index contributed by atoms with van der Waals surface area (Å²) in [4.78, 5) is 36.8. The van der Waals surface area contributed by atoms with Crippen molar-refractivity contribution in [2.75, 3.05) is 18.0 Å². The Bertz CT molecular complexity index is 896. The molecule has 2 amide bonds. The van der Waals surface area contributed by atoms with Crippen LogP contribution in [0.15, 0.2) is 42.7 Å². The minimum absolute atomic E-state index is 0.140. The van der Waals surface area contributed by atoms with Crippen LogP contribution >= 0.6 is 11.6 Å². The Balaban J connectivity index is 1.70. The summed E-state index contributed by atoms with van der Waals surface area (Å²) in [6.07, 6.45) is 3.10. The first-order valence-electron chi connectivity index (χ1n) is 10.2. The van der Waals surface area contributed by atoms with Gasteiger partial charge in [-0.1, -0.05) is 41.9 Å². The van der Waals surface area contributed by atoms with Crippen molar-refractivity contribution in [1.29, 1.82) is 0 Å². The van der Waals surface area contributed by atoms with Crippen LogP contribution in [0.2, 0.25) is 5.15 Å². The van der Waals surface area contributed by atoms with Crippen LogP contribution in [0.1, 0.15) is 39.2 Å². The maximum atomic E-state index is 13.0. The van der Waals surface area contributed by atoms with Gasteiger partial charge >= 0.3 is 12.2 Å². The minimum atomic E-state index is -0.558. The second kappa shape index (κ2) is 9.96. The van der Waals surface area contributed by atoms with Crippen LogP contribution in [0.4, 0.5) is 15.4 Å². The number of anilines is 1. The predicted octanol–water partition coefficient (Wildman–Crippen LogP) is 4.67. The third-order valence-electron chi connectivity index (χ3n) is 4.72. The highest BCUT2D eigenvalue weighted by Crippen LogP contribution is 2.25. The minimum Gasteiger partial charge on any atom is -0.444 e. The van der Waals surface area contributed by atoms with Crippen LogP contribution in [0.3, 0.4) is 0 Å². The van der Waals surface area contributed by atoms with Crippen molar-refractivity contribution in [2.24, 2.45) is 0 Å². The van der Waals surface area contributed by atoms with E-state index in [1.165, 1.54) is 17.3 Å². The zero-order valence-corrected chi connectivity index (χ0v) is 18.7. The molecule has 0 bridgehead atoms. The number of likely N-dealkylation sites (tertiary alicyclic amines) is 1. The van der Waals surface area contributed by atoms with E-state index in [1.54, 1.807) is 4.90 Å². The molecule has 9 heteroatoms. The number of benzene rings is 1. The topological polar surface area (TPSA) is 84.9 Å². The number of carbonyl (C=O) groups is 2. The molecule has 0 aliphatic carbocycles. The summed E-state index contributed by atoms with van der Waals surface area (Å²) in [7, 11) is 0. The average Bonchev–Trinajstić information content (AvgIpc) is 2.72. The molecule has 3 rings (SSSR count). The molecule has 1 saturated heterocycles. The second-order valence-corrected chi connectivity index (χ2v) is 8.70. The van der Waals surface area contributed by atoms with Gasteiger partial charge in [-0.15, -0.1) is 0 Å². The van der Waals surface area contributed by atoms with Crippen molar-refractivity contribution in [3.63, 3.8) is 0 Å². The van der Waals surface area contributed by atoms with Crippen molar-refractivity contribution in [3.8, 4) is 0 Å². The molecular formula is C22H27ClN4O4. The summed E-state index contributed by atoms with van der Waals surface area (Å²) in [5, 5.41) is 0.185. The molecule has 31 heavy (non-hydrogen) atoms. The van der Waals surface area contributed by atoms with Gasteiger partial charge in [0.2, 0.25) is 0 Å². The van der Waals surface area contributed by atoms with Gasteiger partial charge in [0.1, 0.15) is 17.4 Å². The summed E-state index contributed by atoms with van der Waals surface area (Å²) in [5.74, 6) is 0.321. The first-order valence-corrected chi connectivity index (χ1v) is 10.6. The lowest BCUT2D eigenvalue weighted by molar-refractivity contribution is 0.0204. The zero-order valence-electron chi connectivity index (χ0n) is 18.0. The van der Waals surface area contributed by atoms with E-state index < -0.39 is 11.7 Å². The van der Waals surface area contributed by atoms with Gasteiger partial charge in [-0.2, -0.15) is 0 Å². The first kappa shape index (κ1) is 22.8. The van der Waals surface area contributed by atoms with E-state index in [1.807, 2.05) is 51.1 Å². The summed E-state index contributed by atoms with van der Waals surface area (Å²) < 4.78 is 11.0. The molecule has 1 aromatic carbocycles.